The molecule has 1 heterocycles. The minimum atomic E-state index is -0.424. The van der Waals surface area contributed by atoms with Gasteiger partial charge in [0.05, 0.1) is 13.2 Å². The minimum Gasteiger partial charge on any atom is -0.350 e. The molecule has 0 aromatic heterocycles. The number of nitrogens with two attached hydrogens (primary N) is 1. The molecule has 0 saturated carbocycles. The summed E-state index contributed by atoms with van der Waals surface area (Å²) in [5.74, 6) is -0.424. The van der Waals surface area contributed by atoms with Crippen LogP contribution in [-0.2, 0) is 9.47 Å². The van der Waals surface area contributed by atoms with Gasteiger partial charge in [-0.25, -0.2) is 0 Å². The maximum Gasteiger partial charge on any atom is 0.166 e. The summed E-state index contributed by atoms with van der Waals surface area (Å²) in [4.78, 5) is 0. The van der Waals surface area contributed by atoms with Crippen LogP contribution in [0.25, 0.3) is 0 Å². The Hall–Kier alpha value is -0.120. The van der Waals surface area contributed by atoms with Crippen molar-refractivity contribution in [2.24, 2.45) is 5.73 Å². The Kier molecular flexibility index (Phi) is 2.87. The molecular formula is C8H17NO2. The van der Waals surface area contributed by atoms with Crippen molar-refractivity contribution >= 4 is 0 Å². The lowest BCUT2D eigenvalue weighted by Crippen LogP contribution is -2.41. The van der Waals surface area contributed by atoms with Crippen molar-refractivity contribution in [3.63, 3.8) is 0 Å². The van der Waals surface area contributed by atoms with Gasteiger partial charge < -0.3 is 15.2 Å². The molecule has 0 aliphatic carbocycles. The molecule has 1 atom stereocenters. The van der Waals surface area contributed by atoms with Gasteiger partial charge in [-0.05, 0) is 20.3 Å². The van der Waals surface area contributed by atoms with Crippen LogP contribution >= 0.6 is 0 Å². The first-order valence-corrected chi connectivity index (χ1v) is 4.16. The highest BCUT2D eigenvalue weighted by Crippen LogP contribution is 2.22. The molecule has 0 bridgehead atoms. The summed E-state index contributed by atoms with van der Waals surface area (Å²) in [5, 5.41) is 0. The molecule has 66 valence electrons. The zero-order chi connectivity index (χ0) is 8.32. The van der Waals surface area contributed by atoms with E-state index in [1.807, 2.05) is 13.8 Å². The van der Waals surface area contributed by atoms with Gasteiger partial charge in [0.2, 0.25) is 0 Å². The van der Waals surface area contributed by atoms with Gasteiger partial charge in [0.15, 0.2) is 5.79 Å². The van der Waals surface area contributed by atoms with Gasteiger partial charge in [0.1, 0.15) is 0 Å². The lowest BCUT2D eigenvalue weighted by atomic mass is 10.1. The van der Waals surface area contributed by atoms with Gasteiger partial charge in [0.25, 0.3) is 0 Å². The van der Waals surface area contributed by atoms with E-state index in [0.29, 0.717) is 0 Å². The van der Waals surface area contributed by atoms with Crippen LogP contribution in [0, 0.1) is 0 Å². The van der Waals surface area contributed by atoms with Gasteiger partial charge in [-0.1, -0.05) is 0 Å². The summed E-state index contributed by atoms with van der Waals surface area (Å²) in [5.41, 5.74) is 5.65. The Morgan fingerprint density at radius 3 is 2.45 bits per heavy atom. The highest BCUT2D eigenvalue weighted by Gasteiger charge is 2.29. The molecule has 0 radical (unpaired) electrons. The number of hydrogen-bond acceptors (Lipinski definition) is 3. The Bertz CT molecular complexity index is 119. The highest BCUT2D eigenvalue weighted by atomic mass is 16.7. The van der Waals surface area contributed by atoms with Gasteiger partial charge in [0, 0.05) is 12.5 Å². The van der Waals surface area contributed by atoms with Crippen LogP contribution in [0.15, 0.2) is 0 Å². The van der Waals surface area contributed by atoms with Gasteiger partial charge >= 0.3 is 0 Å². The van der Waals surface area contributed by atoms with Crippen LogP contribution < -0.4 is 5.73 Å². The molecule has 0 unspecified atom stereocenters. The lowest BCUT2D eigenvalue weighted by Gasteiger charge is -2.35. The SMILES string of the molecule is C[C@H](N)CC1(C)OCCCO1. The van der Waals surface area contributed by atoms with E-state index in [1.54, 1.807) is 0 Å². The zero-order valence-electron chi connectivity index (χ0n) is 7.30. The molecule has 1 saturated heterocycles. The Morgan fingerprint density at radius 1 is 1.45 bits per heavy atom. The predicted octanol–water partition coefficient (Wildman–Crippen LogP) is 0.877. The van der Waals surface area contributed by atoms with E-state index in [-0.39, 0.29) is 6.04 Å². The summed E-state index contributed by atoms with van der Waals surface area (Å²) in [6.45, 7) is 5.51. The number of rotatable bonds is 2. The van der Waals surface area contributed by atoms with E-state index in [0.717, 1.165) is 26.1 Å². The van der Waals surface area contributed by atoms with Gasteiger partial charge in [-0.15, -0.1) is 0 Å². The molecule has 0 aromatic carbocycles. The second kappa shape index (κ2) is 3.52. The molecule has 2 N–H and O–H groups in total. The standard InChI is InChI=1S/C8H17NO2/c1-7(9)6-8(2)10-4-3-5-11-8/h7H,3-6,9H2,1-2H3/t7-/m0/s1. The Labute approximate surface area is 67.9 Å². The van der Waals surface area contributed by atoms with Crippen LogP contribution in [0.5, 0.6) is 0 Å². The molecule has 0 spiro atoms. The van der Waals surface area contributed by atoms with E-state index in [2.05, 4.69) is 0 Å². The fourth-order valence-electron chi connectivity index (χ4n) is 1.38. The zero-order valence-corrected chi connectivity index (χ0v) is 7.30. The molecule has 1 rings (SSSR count). The fourth-order valence-corrected chi connectivity index (χ4v) is 1.38. The molecular weight excluding hydrogens is 142 g/mol. The largest absolute Gasteiger partial charge is 0.350 e. The smallest absolute Gasteiger partial charge is 0.166 e. The van der Waals surface area contributed by atoms with Crippen molar-refractivity contribution < 1.29 is 9.47 Å². The molecule has 11 heavy (non-hydrogen) atoms. The summed E-state index contributed by atoms with van der Waals surface area (Å²) >= 11 is 0. The molecule has 1 fully saturated rings. The molecule has 1 aliphatic heterocycles. The van der Waals surface area contributed by atoms with Crippen molar-refractivity contribution in [3.8, 4) is 0 Å². The molecule has 0 aromatic rings. The maximum atomic E-state index is 5.65. The third-order valence-electron chi connectivity index (χ3n) is 1.80. The predicted molar refractivity (Wildman–Crippen MR) is 43.2 cm³/mol. The maximum absolute atomic E-state index is 5.65. The first-order valence-electron chi connectivity index (χ1n) is 4.16. The van der Waals surface area contributed by atoms with E-state index in [1.165, 1.54) is 0 Å². The van der Waals surface area contributed by atoms with Gasteiger partial charge in [-0.2, -0.15) is 0 Å². The van der Waals surface area contributed by atoms with Crippen molar-refractivity contribution in [2.75, 3.05) is 13.2 Å². The van der Waals surface area contributed by atoms with E-state index >= 15 is 0 Å². The lowest BCUT2D eigenvalue weighted by molar-refractivity contribution is -0.260. The van der Waals surface area contributed by atoms with Crippen LogP contribution in [0.2, 0.25) is 0 Å². The average Bonchev–Trinajstić information content (AvgIpc) is 1.85. The van der Waals surface area contributed by atoms with Crippen LogP contribution in [0.4, 0.5) is 0 Å². The van der Waals surface area contributed by atoms with Crippen LogP contribution in [-0.4, -0.2) is 25.0 Å². The van der Waals surface area contributed by atoms with E-state index in [9.17, 15) is 0 Å². The van der Waals surface area contributed by atoms with Crippen molar-refractivity contribution in [3.05, 3.63) is 0 Å². The highest BCUT2D eigenvalue weighted by molar-refractivity contribution is 4.71. The molecule has 3 nitrogen and oxygen atoms in total. The second-order valence-corrected chi connectivity index (χ2v) is 3.37. The van der Waals surface area contributed by atoms with Crippen LogP contribution in [0.1, 0.15) is 26.7 Å². The quantitative estimate of drug-likeness (QED) is 0.650. The topological polar surface area (TPSA) is 44.5 Å². The molecule has 0 amide bonds. The van der Waals surface area contributed by atoms with Crippen molar-refractivity contribution in [1.29, 1.82) is 0 Å². The van der Waals surface area contributed by atoms with Crippen molar-refractivity contribution in [1.82, 2.24) is 0 Å². The third-order valence-corrected chi connectivity index (χ3v) is 1.80. The van der Waals surface area contributed by atoms with Gasteiger partial charge in [-0.3, -0.25) is 0 Å². The fraction of sp³-hybridized carbons (Fsp3) is 1.00. The summed E-state index contributed by atoms with van der Waals surface area (Å²) in [7, 11) is 0. The Morgan fingerprint density at radius 2 is 2.00 bits per heavy atom. The third kappa shape index (κ3) is 2.77. The Balaban J connectivity index is 2.37. The number of ether oxygens (including phenoxy) is 2. The number of hydrogen-bond donors (Lipinski definition) is 1. The normalized spacial score (nSPS) is 26.5. The summed E-state index contributed by atoms with van der Waals surface area (Å²) in [6, 6.07) is 0.137. The monoisotopic (exact) mass is 159 g/mol. The summed E-state index contributed by atoms with van der Waals surface area (Å²) < 4.78 is 10.9. The first kappa shape index (κ1) is 8.97. The first-order chi connectivity index (χ1) is 5.12. The second-order valence-electron chi connectivity index (χ2n) is 3.37. The van der Waals surface area contributed by atoms with E-state index in [4.69, 9.17) is 15.2 Å². The molecule has 3 heteroatoms. The van der Waals surface area contributed by atoms with E-state index < -0.39 is 5.79 Å². The minimum absolute atomic E-state index is 0.137. The molecule has 1 aliphatic rings. The van der Waals surface area contributed by atoms with Crippen molar-refractivity contribution in [2.45, 2.75) is 38.5 Å². The summed E-state index contributed by atoms with van der Waals surface area (Å²) in [6.07, 6.45) is 1.77. The average molecular weight is 159 g/mol. The van der Waals surface area contributed by atoms with Crippen LogP contribution in [0.3, 0.4) is 0 Å².